The molecule has 3 aromatic rings. The van der Waals surface area contributed by atoms with Crippen LogP contribution in [0.1, 0.15) is 23.9 Å². The second-order valence-electron chi connectivity index (χ2n) is 6.19. The minimum absolute atomic E-state index is 0.0227. The maximum atomic E-state index is 12.6. The number of ether oxygens (including phenoxy) is 2. The molecule has 0 bridgehead atoms. The summed E-state index contributed by atoms with van der Waals surface area (Å²) in [5.41, 5.74) is 0.250. The van der Waals surface area contributed by atoms with Gasteiger partial charge in [-0.15, -0.1) is 13.2 Å². The number of hydrogen-bond acceptors (Lipinski definition) is 5. The van der Waals surface area contributed by atoms with Gasteiger partial charge in [0, 0.05) is 18.6 Å². The fourth-order valence-electron chi connectivity index (χ4n) is 3.10. The number of nitrogens with one attached hydrogen (secondary N) is 1. The van der Waals surface area contributed by atoms with Gasteiger partial charge in [0.1, 0.15) is 17.0 Å². The highest BCUT2D eigenvalue weighted by molar-refractivity contribution is 5.73. The van der Waals surface area contributed by atoms with Gasteiger partial charge in [0.05, 0.1) is 18.8 Å². The van der Waals surface area contributed by atoms with Crippen LogP contribution in [0.5, 0.6) is 5.75 Å². The number of aromatic amines is 1. The van der Waals surface area contributed by atoms with Crippen LogP contribution in [0.3, 0.4) is 0 Å². The fourth-order valence-corrected chi connectivity index (χ4v) is 3.10. The molecule has 0 radical (unpaired) electrons. The molecule has 1 aliphatic rings. The number of nitrogens with zero attached hydrogens (tertiary/aromatic N) is 3. The number of H-pyrrole nitrogens is 1. The Balaban J connectivity index is 1.71. The Morgan fingerprint density at radius 2 is 2.15 bits per heavy atom. The standard InChI is InChI=1S/C17H15F3N4O3/c18-17(19,20)27-13-4-2-1-3-10(13)7-14-22-15-12(16(25)23-14)8-21-24(15)11-5-6-26-9-11/h1-4,8,11H,5-7,9H2,(H,22,23,25). The molecule has 0 amide bonds. The van der Waals surface area contributed by atoms with Crippen LogP contribution in [0.4, 0.5) is 13.2 Å². The molecule has 1 fully saturated rings. The smallest absolute Gasteiger partial charge is 0.405 e. The summed E-state index contributed by atoms with van der Waals surface area (Å²) in [5.74, 6) is -0.100. The van der Waals surface area contributed by atoms with Crippen molar-refractivity contribution in [1.29, 1.82) is 0 Å². The fraction of sp³-hybridized carbons (Fsp3) is 0.353. The lowest BCUT2D eigenvalue weighted by Gasteiger charge is -2.13. The van der Waals surface area contributed by atoms with E-state index in [1.54, 1.807) is 10.7 Å². The van der Waals surface area contributed by atoms with Crippen LogP contribution in [-0.2, 0) is 11.2 Å². The van der Waals surface area contributed by atoms with E-state index in [2.05, 4.69) is 19.8 Å². The lowest BCUT2D eigenvalue weighted by atomic mass is 10.1. The second-order valence-corrected chi connectivity index (χ2v) is 6.19. The summed E-state index contributed by atoms with van der Waals surface area (Å²) < 4.78 is 48.8. The lowest BCUT2D eigenvalue weighted by molar-refractivity contribution is -0.274. The summed E-state index contributed by atoms with van der Waals surface area (Å²) >= 11 is 0. The van der Waals surface area contributed by atoms with Gasteiger partial charge in [-0.1, -0.05) is 18.2 Å². The highest BCUT2D eigenvalue weighted by Gasteiger charge is 2.32. The van der Waals surface area contributed by atoms with Crippen molar-refractivity contribution in [3.63, 3.8) is 0 Å². The minimum atomic E-state index is -4.80. The third-order valence-corrected chi connectivity index (χ3v) is 4.32. The van der Waals surface area contributed by atoms with E-state index in [0.717, 1.165) is 6.42 Å². The van der Waals surface area contributed by atoms with Gasteiger partial charge in [-0.2, -0.15) is 5.10 Å². The van der Waals surface area contributed by atoms with Gasteiger partial charge in [-0.3, -0.25) is 4.79 Å². The summed E-state index contributed by atoms with van der Waals surface area (Å²) in [6.07, 6.45) is -2.64. The zero-order valence-corrected chi connectivity index (χ0v) is 14.0. The summed E-state index contributed by atoms with van der Waals surface area (Å²) in [7, 11) is 0. The molecule has 142 valence electrons. The Morgan fingerprint density at radius 1 is 1.33 bits per heavy atom. The van der Waals surface area contributed by atoms with Gasteiger partial charge in [0.15, 0.2) is 5.65 Å². The first-order valence-electron chi connectivity index (χ1n) is 8.28. The van der Waals surface area contributed by atoms with Gasteiger partial charge >= 0.3 is 6.36 Å². The van der Waals surface area contributed by atoms with Gasteiger partial charge in [-0.25, -0.2) is 9.67 Å². The maximum Gasteiger partial charge on any atom is 0.573 e. The molecule has 0 aliphatic carbocycles. The molecular weight excluding hydrogens is 365 g/mol. The van der Waals surface area contributed by atoms with E-state index >= 15 is 0 Å². The van der Waals surface area contributed by atoms with E-state index in [1.807, 2.05) is 0 Å². The molecule has 1 aromatic carbocycles. The van der Waals surface area contributed by atoms with Crippen molar-refractivity contribution < 1.29 is 22.6 Å². The Kier molecular flexibility index (Phi) is 4.34. The topological polar surface area (TPSA) is 82.0 Å². The molecular formula is C17H15F3N4O3. The van der Waals surface area contributed by atoms with Gasteiger partial charge < -0.3 is 14.5 Å². The van der Waals surface area contributed by atoms with Crippen LogP contribution in [0.15, 0.2) is 35.3 Å². The number of halogens is 3. The Labute approximate surface area is 150 Å². The summed E-state index contributed by atoms with van der Waals surface area (Å²) in [6, 6.07) is 5.73. The van der Waals surface area contributed by atoms with E-state index in [1.165, 1.54) is 24.4 Å². The number of alkyl halides is 3. The average molecular weight is 380 g/mol. The Hall–Kier alpha value is -2.88. The highest BCUT2D eigenvalue weighted by atomic mass is 19.4. The SMILES string of the molecule is O=c1[nH]c(Cc2ccccc2OC(F)(F)F)nc2c1cnn2C1CCOC1. The van der Waals surface area contributed by atoms with E-state index in [0.29, 0.717) is 24.2 Å². The molecule has 1 saturated heterocycles. The Morgan fingerprint density at radius 3 is 2.89 bits per heavy atom. The number of benzene rings is 1. The van der Waals surface area contributed by atoms with Crippen LogP contribution in [0.2, 0.25) is 0 Å². The molecule has 0 saturated carbocycles. The normalized spacial score (nSPS) is 17.5. The van der Waals surface area contributed by atoms with Crippen molar-refractivity contribution in [3.05, 3.63) is 52.2 Å². The van der Waals surface area contributed by atoms with Crippen molar-refractivity contribution in [2.24, 2.45) is 0 Å². The zero-order valence-electron chi connectivity index (χ0n) is 14.0. The van der Waals surface area contributed by atoms with Crippen LogP contribution in [0, 0.1) is 0 Å². The molecule has 7 nitrogen and oxygen atoms in total. The largest absolute Gasteiger partial charge is 0.573 e. The number of fused-ring (bicyclic) bond motifs is 1. The van der Waals surface area contributed by atoms with Crippen molar-refractivity contribution in [3.8, 4) is 5.75 Å². The third-order valence-electron chi connectivity index (χ3n) is 4.32. The minimum Gasteiger partial charge on any atom is -0.405 e. The molecule has 2 aromatic heterocycles. The van der Waals surface area contributed by atoms with Crippen molar-refractivity contribution in [2.45, 2.75) is 25.2 Å². The quantitative estimate of drug-likeness (QED) is 0.752. The van der Waals surface area contributed by atoms with Crippen LogP contribution in [-0.4, -0.2) is 39.3 Å². The third kappa shape index (κ3) is 3.65. The summed E-state index contributed by atoms with van der Waals surface area (Å²) in [5, 5.41) is 4.56. The zero-order chi connectivity index (χ0) is 19.0. The average Bonchev–Trinajstić information content (AvgIpc) is 3.24. The first-order chi connectivity index (χ1) is 12.9. The predicted molar refractivity (Wildman–Crippen MR) is 88.6 cm³/mol. The van der Waals surface area contributed by atoms with Crippen LogP contribution >= 0.6 is 0 Å². The molecule has 1 atom stereocenters. The lowest BCUT2D eigenvalue weighted by Crippen LogP contribution is -2.19. The molecule has 1 aliphatic heterocycles. The van der Waals surface area contributed by atoms with Gasteiger partial charge in [-0.05, 0) is 12.5 Å². The van der Waals surface area contributed by atoms with Gasteiger partial charge in [0.2, 0.25) is 0 Å². The Bertz CT molecular complexity index is 1020. The number of hydrogen-bond donors (Lipinski definition) is 1. The van der Waals surface area contributed by atoms with E-state index in [9.17, 15) is 18.0 Å². The van der Waals surface area contributed by atoms with Crippen LogP contribution < -0.4 is 10.3 Å². The molecule has 27 heavy (non-hydrogen) atoms. The monoisotopic (exact) mass is 380 g/mol. The molecule has 4 rings (SSSR count). The van der Waals surface area contributed by atoms with Crippen LogP contribution in [0.25, 0.3) is 11.0 Å². The summed E-state index contributed by atoms with van der Waals surface area (Å²) in [4.78, 5) is 19.4. The summed E-state index contributed by atoms with van der Waals surface area (Å²) in [6.45, 7) is 1.08. The molecule has 3 heterocycles. The highest BCUT2D eigenvalue weighted by Crippen LogP contribution is 2.27. The molecule has 1 unspecified atom stereocenters. The van der Waals surface area contributed by atoms with Crippen molar-refractivity contribution >= 4 is 11.0 Å². The molecule has 1 N–H and O–H groups in total. The number of rotatable bonds is 4. The van der Waals surface area contributed by atoms with E-state index < -0.39 is 11.9 Å². The van der Waals surface area contributed by atoms with Crippen molar-refractivity contribution in [2.75, 3.05) is 13.2 Å². The van der Waals surface area contributed by atoms with Gasteiger partial charge in [0.25, 0.3) is 5.56 Å². The molecule has 10 heteroatoms. The molecule has 0 spiro atoms. The maximum absolute atomic E-state index is 12.6. The first kappa shape index (κ1) is 17.5. The van der Waals surface area contributed by atoms with Crippen molar-refractivity contribution in [1.82, 2.24) is 19.7 Å². The predicted octanol–water partition coefficient (Wildman–Crippen LogP) is 2.57. The number of para-hydroxylation sites is 1. The van der Waals surface area contributed by atoms with E-state index in [4.69, 9.17) is 4.74 Å². The first-order valence-corrected chi connectivity index (χ1v) is 8.28. The second kappa shape index (κ2) is 6.69. The van der Waals surface area contributed by atoms with E-state index in [-0.39, 0.29) is 29.6 Å². The number of aromatic nitrogens is 4.